The van der Waals surface area contributed by atoms with Gasteiger partial charge < -0.3 is 28.2 Å². The van der Waals surface area contributed by atoms with Crippen LogP contribution < -0.4 is 20.3 Å². The van der Waals surface area contributed by atoms with Crippen molar-refractivity contribution in [2.45, 2.75) is 32.7 Å². The average molecular weight is 700 g/mol. The molecule has 3 aromatic heterocycles. The van der Waals surface area contributed by atoms with Gasteiger partial charge >= 0.3 is 0 Å². The minimum atomic E-state index is -0.468. The molecule has 4 aromatic carbocycles. The standard InChI is InChI=1S/C41H37N3O8/c1-27-9-18-37-34(24-27)35(45)25-38(51-37)28-10-14-31(15-11-28)49-20-5-4-6-30-26-44(43-42-30)19-21-48-22-23-50-32-16-12-29(13-17-32)41-40(47)39(46)33-7-2-3-8-36(33)52-41/h2-3,7-18,24-26,47H,4-6,19-23H2,1H3. The van der Waals surface area contributed by atoms with Gasteiger partial charge in [-0.3, -0.25) is 9.59 Å². The Kier molecular flexibility index (Phi) is 10.4. The summed E-state index contributed by atoms with van der Waals surface area (Å²) in [7, 11) is 0. The first-order valence-electron chi connectivity index (χ1n) is 17.1. The Hall–Kier alpha value is -6.20. The molecule has 3 heterocycles. The van der Waals surface area contributed by atoms with Gasteiger partial charge in [-0.1, -0.05) is 29.0 Å². The first-order valence-corrected chi connectivity index (χ1v) is 17.1. The predicted octanol–water partition coefficient (Wildman–Crippen LogP) is 7.34. The number of aryl methyl sites for hydroxylation is 2. The van der Waals surface area contributed by atoms with Gasteiger partial charge in [-0.05, 0) is 99.0 Å². The number of benzene rings is 4. The maximum atomic E-state index is 12.6. The zero-order chi connectivity index (χ0) is 35.9. The van der Waals surface area contributed by atoms with Crippen LogP contribution in [-0.2, 0) is 17.7 Å². The Morgan fingerprint density at radius 1 is 0.731 bits per heavy atom. The topological polar surface area (TPSA) is 139 Å². The summed E-state index contributed by atoms with van der Waals surface area (Å²) in [5.41, 5.74) is 3.78. The van der Waals surface area contributed by atoms with Crippen molar-refractivity contribution in [3.63, 3.8) is 0 Å². The highest BCUT2D eigenvalue weighted by molar-refractivity contribution is 5.82. The number of rotatable bonds is 15. The van der Waals surface area contributed by atoms with E-state index in [-0.39, 0.29) is 11.2 Å². The van der Waals surface area contributed by atoms with Gasteiger partial charge in [0.15, 0.2) is 11.2 Å². The Morgan fingerprint density at radius 3 is 2.27 bits per heavy atom. The number of fused-ring (bicyclic) bond motifs is 2. The van der Waals surface area contributed by atoms with Crippen LogP contribution in [0, 0.1) is 6.92 Å². The Balaban J connectivity index is 0.777. The summed E-state index contributed by atoms with van der Waals surface area (Å²) in [6.07, 6.45) is 4.50. The molecule has 0 amide bonds. The van der Waals surface area contributed by atoms with Crippen LogP contribution in [0.2, 0.25) is 0 Å². The van der Waals surface area contributed by atoms with Gasteiger partial charge in [-0.15, -0.1) is 5.10 Å². The van der Waals surface area contributed by atoms with Crippen LogP contribution in [0.15, 0.2) is 122 Å². The maximum Gasteiger partial charge on any atom is 0.235 e. The molecule has 7 rings (SSSR count). The molecule has 264 valence electrons. The zero-order valence-electron chi connectivity index (χ0n) is 28.6. The van der Waals surface area contributed by atoms with Crippen LogP contribution in [0.1, 0.15) is 24.1 Å². The molecule has 52 heavy (non-hydrogen) atoms. The lowest BCUT2D eigenvalue weighted by atomic mass is 10.1. The van der Waals surface area contributed by atoms with Crippen molar-refractivity contribution >= 4 is 21.9 Å². The van der Waals surface area contributed by atoms with Gasteiger partial charge in [0, 0.05) is 23.4 Å². The van der Waals surface area contributed by atoms with Crippen LogP contribution in [0.3, 0.4) is 0 Å². The van der Waals surface area contributed by atoms with Gasteiger partial charge in [-0.2, -0.15) is 0 Å². The second kappa shape index (κ2) is 15.8. The van der Waals surface area contributed by atoms with Crippen LogP contribution in [0.25, 0.3) is 44.6 Å². The van der Waals surface area contributed by atoms with Crippen LogP contribution >= 0.6 is 0 Å². The lowest BCUT2D eigenvalue weighted by Gasteiger charge is -2.09. The molecule has 0 saturated heterocycles. The van der Waals surface area contributed by atoms with Crippen LogP contribution in [-0.4, -0.2) is 46.5 Å². The fourth-order valence-corrected chi connectivity index (χ4v) is 5.80. The van der Waals surface area contributed by atoms with Crippen molar-refractivity contribution in [3.8, 4) is 39.9 Å². The van der Waals surface area contributed by atoms with Gasteiger partial charge in [0.25, 0.3) is 0 Å². The molecule has 0 radical (unpaired) electrons. The van der Waals surface area contributed by atoms with E-state index in [2.05, 4.69) is 10.3 Å². The third-order valence-corrected chi connectivity index (χ3v) is 8.56. The summed E-state index contributed by atoms with van der Waals surface area (Å²) in [5.74, 6) is 1.61. The monoisotopic (exact) mass is 699 g/mol. The lowest BCUT2D eigenvalue weighted by molar-refractivity contribution is 0.0923. The minimum absolute atomic E-state index is 0.0586. The SMILES string of the molecule is Cc1ccc2oc(-c3ccc(OCCCCc4cn(CCOCCOc5ccc(-c6oc7ccccc7c(=O)c6O)cc5)nn4)cc3)cc(=O)c2c1. The fraction of sp³-hybridized carbons (Fsp3) is 0.220. The molecule has 0 saturated carbocycles. The maximum absolute atomic E-state index is 12.6. The van der Waals surface area contributed by atoms with Crippen molar-refractivity contribution in [2.75, 3.05) is 26.4 Å². The normalized spacial score (nSPS) is 11.3. The number of hydrogen-bond acceptors (Lipinski definition) is 10. The van der Waals surface area contributed by atoms with Gasteiger partial charge in [-0.25, -0.2) is 4.68 Å². The van der Waals surface area contributed by atoms with E-state index in [0.29, 0.717) is 72.0 Å². The first kappa shape index (κ1) is 34.3. The van der Waals surface area contributed by atoms with E-state index in [1.54, 1.807) is 53.2 Å². The quantitative estimate of drug-likeness (QED) is 0.108. The summed E-state index contributed by atoms with van der Waals surface area (Å²) < 4.78 is 31.0. The molecule has 11 heteroatoms. The summed E-state index contributed by atoms with van der Waals surface area (Å²) in [5, 5.41) is 19.8. The van der Waals surface area contributed by atoms with Crippen molar-refractivity contribution in [1.82, 2.24) is 15.0 Å². The molecule has 0 unspecified atom stereocenters. The van der Waals surface area contributed by atoms with Crippen molar-refractivity contribution in [1.29, 1.82) is 0 Å². The molecular weight excluding hydrogens is 662 g/mol. The fourth-order valence-electron chi connectivity index (χ4n) is 5.80. The van der Waals surface area contributed by atoms with E-state index < -0.39 is 11.2 Å². The van der Waals surface area contributed by atoms with Crippen molar-refractivity contribution in [3.05, 3.63) is 135 Å². The smallest absolute Gasteiger partial charge is 0.235 e. The van der Waals surface area contributed by atoms with E-state index in [4.69, 9.17) is 23.0 Å². The van der Waals surface area contributed by atoms with Crippen molar-refractivity contribution in [2.24, 2.45) is 0 Å². The predicted molar refractivity (Wildman–Crippen MR) is 197 cm³/mol. The summed E-state index contributed by atoms with van der Waals surface area (Å²) in [4.78, 5) is 25.1. The van der Waals surface area contributed by atoms with Gasteiger partial charge in [0.05, 0.1) is 42.8 Å². The third-order valence-electron chi connectivity index (χ3n) is 8.56. The molecule has 0 aliphatic carbocycles. The largest absolute Gasteiger partial charge is 0.502 e. The average Bonchev–Trinajstić information content (AvgIpc) is 3.62. The number of nitrogens with zero attached hydrogens (tertiary/aromatic N) is 3. The highest BCUT2D eigenvalue weighted by atomic mass is 16.5. The van der Waals surface area contributed by atoms with E-state index in [1.165, 1.54) is 6.07 Å². The molecule has 1 N–H and O–H groups in total. The summed E-state index contributed by atoms with van der Waals surface area (Å²) in [6, 6.07) is 28.5. The molecule has 0 atom stereocenters. The molecule has 11 nitrogen and oxygen atoms in total. The van der Waals surface area contributed by atoms with Crippen LogP contribution in [0.4, 0.5) is 0 Å². The zero-order valence-corrected chi connectivity index (χ0v) is 28.6. The number of hydrogen-bond donors (Lipinski definition) is 1. The Morgan fingerprint density at radius 2 is 1.46 bits per heavy atom. The second-order valence-corrected chi connectivity index (χ2v) is 12.4. The van der Waals surface area contributed by atoms with E-state index in [1.807, 2.05) is 55.6 Å². The Bertz CT molecular complexity index is 2410. The number of para-hydroxylation sites is 1. The Labute approximate surface area is 298 Å². The van der Waals surface area contributed by atoms with E-state index in [0.717, 1.165) is 41.8 Å². The van der Waals surface area contributed by atoms with Crippen LogP contribution in [0.5, 0.6) is 17.2 Å². The molecule has 0 bridgehead atoms. The lowest BCUT2D eigenvalue weighted by Crippen LogP contribution is -2.11. The number of aromatic hydroxyl groups is 1. The number of unbranched alkanes of at least 4 members (excludes halogenated alkanes) is 1. The van der Waals surface area contributed by atoms with Gasteiger partial charge in [0.1, 0.15) is 35.0 Å². The molecule has 0 aliphatic rings. The van der Waals surface area contributed by atoms with Crippen molar-refractivity contribution < 1.29 is 28.2 Å². The molecule has 0 aliphatic heterocycles. The van der Waals surface area contributed by atoms with Gasteiger partial charge in [0.2, 0.25) is 11.2 Å². The first-order chi connectivity index (χ1) is 25.4. The molecule has 7 aromatic rings. The third kappa shape index (κ3) is 8.06. The molecular formula is C41H37N3O8. The van der Waals surface area contributed by atoms with E-state index in [9.17, 15) is 14.7 Å². The minimum Gasteiger partial charge on any atom is -0.502 e. The summed E-state index contributed by atoms with van der Waals surface area (Å²) >= 11 is 0. The van der Waals surface area contributed by atoms with E-state index >= 15 is 0 Å². The second-order valence-electron chi connectivity index (χ2n) is 12.4. The molecule has 0 spiro atoms. The number of ether oxygens (including phenoxy) is 3. The highest BCUT2D eigenvalue weighted by Crippen LogP contribution is 2.31. The highest BCUT2D eigenvalue weighted by Gasteiger charge is 2.15. The summed E-state index contributed by atoms with van der Waals surface area (Å²) in [6.45, 7) is 4.31. The number of aromatic nitrogens is 3. The molecule has 0 fully saturated rings.